The van der Waals surface area contributed by atoms with Crippen LogP contribution in [0.15, 0.2) is 47.6 Å². The lowest BCUT2D eigenvalue weighted by Gasteiger charge is -2.39. The van der Waals surface area contributed by atoms with Gasteiger partial charge in [-0.1, -0.05) is 29.8 Å². The van der Waals surface area contributed by atoms with Gasteiger partial charge < -0.3 is 15.3 Å². The molecule has 4 nitrogen and oxygen atoms in total. The van der Waals surface area contributed by atoms with Crippen LogP contribution in [-0.2, 0) is 10.5 Å². The average molecular weight is 321 g/mol. The molecule has 3 rings (SSSR count). The summed E-state index contributed by atoms with van der Waals surface area (Å²) in [5, 5.41) is 3.84. The third-order valence-corrected chi connectivity index (χ3v) is 3.76. The number of hydrazone groups is 1. The first-order valence-corrected chi connectivity index (χ1v) is 7.06. The van der Waals surface area contributed by atoms with Gasteiger partial charge in [0, 0.05) is 17.5 Å². The normalized spacial score (nSPS) is 24.0. The molecule has 0 fully saturated rings. The number of halogens is 2. The average Bonchev–Trinajstić information content (AvgIpc) is 2.47. The van der Waals surface area contributed by atoms with Gasteiger partial charge in [0.2, 0.25) is 5.79 Å². The van der Waals surface area contributed by atoms with Crippen LogP contribution in [0, 0.1) is 5.82 Å². The molecule has 22 heavy (non-hydrogen) atoms. The molecule has 2 aromatic carbocycles. The number of nitrogens with two attached hydrogens (primary N) is 1. The number of benzene rings is 2. The number of ether oxygens (including phenoxy) is 2. The molecule has 0 bridgehead atoms. The topological polar surface area (TPSA) is 56.8 Å². The summed E-state index contributed by atoms with van der Waals surface area (Å²) < 4.78 is 26.1. The van der Waals surface area contributed by atoms with Gasteiger partial charge in [-0.25, -0.2) is 4.39 Å². The van der Waals surface area contributed by atoms with Crippen molar-refractivity contribution < 1.29 is 13.9 Å². The molecule has 0 aromatic heterocycles. The summed E-state index contributed by atoms with van der Waals surface area (Å²) in [7, 11) is 0. The van der Waals surface area contributed by atoms with E-state index in [9.17, 15) is 4.39 Å². The van der Waals surface area contributed by atoms with Crippen LogP contribution in [-0.4, -0.2) is 6.21 Å². The molecule has 2 atom stereocenters. The lowest BCUT2D eigenvalue weighted by Crippen LogP contribution is -2.39. The molecule has 0 amide bonds. The number of hydrogen-bond donors (Lipinski definition) is 1. The second kappa shape index (κ2) is 5.59. The van der Waals surface area contributed by atoms with Crippen molar-refractivity contribution in [3.05, 3.63) is 64.4 Å². The summed E-state index contributed by atoms with van der Waals surface area (Å²) in [5.74, 6) is 4.03. The maximum Gasteiger partial charge on any atom is 0.238 e. The number of fused-ring (bicyclic) bond motifs is 1. The molecule has 1 aliphatic rings. The van der Waals surface area contributed by atoms with Crippen LogP contribution in [0.1, 0.15) is 24.2 Å². The highest BCUT2D eigenvalue weighted by Gasteiger charge is 2.41. The Morgan fingerprint density at radius 2 is 2.09 bits per heavy atom. The number of rotatable bonds is 2. The van der Waals surface area contributed by atoms with E-state index in [2.05, 4.69) is 5.10 Å². The van der Waals surface area contributed by atoms with E-state index in [-0.39, 0.29) is 5.56 Å². The predicted octanol–water partition coefficient (Wildman–Crippen LogP) is 3.75. The zero-order valence-electron chi connectivity index (χ0n) is 11.8. The van der Waals surface area contributed by atoms with Crippen molar-refractivity contribution in [3.63, 3.8) is 0 Å². The van der Waals surface area contributed by atoms with Crippen molar-refractivity contribution in [3.8, 4) is 5.75 Å². The SMILES string of the molecule is CC1(c2ccc(Cl)cc2F)Oc2ccccc2C(/C=N/N)O1. The standard InChI is InChI=1S/C16H14ClFN2O2/c1-16(12-7-6-10(17)8-13(12)18)21-14-5-3-2-4-11(14)15(22-16)9-20-19/h2-9,15H,19H2,1H3/b20-9+. The molecular formula is C16H14ClFN2O2. The summed E-state index contributed by atoms with van der Waals surface area (Å²) in [4.78, 5) is 0. The second-order valence-corrected chi connectivity index (χ2v) is 5.48. The summed E-state index contributed by atoms with van der Waals surface area (Å²) in [6.07, 6.45) is 0.919. The summed E-state index contributed by atoms with van der Waals surface area (Å²) in [6.45, 7) is 1.65. The number of nitrogens with zero attached hydrogens (tertiary/aromatic N) is 1. The first kappa shape index (κ1) is 14.8. The Balaban J connectivity index is 2.09. The van der Waals surface area contributed by atoms with Gasteiger partial charge in [-0.2, -0.15) is 5.10 Å². The summed E-state index contributed by atoms with van der Waals surface area (Å²) in [6, 6.07) is 11.7. The minimum Gasteiger partial charge on any atom is -0.458 e. The molecule has 2 unspecified atom stereocenters. The van der Waals surface area contributed by atoms with E-state index in [1.165, 1.54) is 12.3 Å². The third kappa shape index (κ3) is 2.53. The second-order valence-electron chi connectivity index (χ2n) is 5.05. The Labute approximate surface area is 132 Å². The van der Waals surface area contributed by atoms with Gasteiger partial charge in [0.1, 0.15) is 17.7 Å². The minimum atomic E-state index is -1.31. The zero-order chi connectivity index (χ0) is 15.7. The third-order valence-electron chi connectivity index (χ3n) is 3.52. The maximum absolute atomic E-state index is 14.3. The Kier molecular flexibility index (Phi) is 3.76. The molecule has 2 N–H and O–H groups in total. The van der Waals surface area contributed by atoms with Crippen LogP contribution in [0.4, 0.5) is 4.39 Å². The molecule has 114 valence electrons. The first-order chi connectivity index (χ1) is 10.5. The number of para-hydroxylation sites is 1. The van der Waals surface area contributed by atoms with E-state index < -0.39 is 17.7 Å². The highest BCUT2D eigenvalue weighted by molar-refractivity contribution is 6.30. The van der Waals surface area contributed by atoms with Gasteiger partial charge >= 0.3 is 0 Å². The van der Waals surface area contributed by atoms with Crippen molar-refractivity contribution in [2.75, 3.05) is 0 Å². The molecule has 1 aliphatic heterocycles. The predicted molar refractivity (Wildman–Crippen MR) is 82.3 cm³/mol. The number of hydrogen-bond acceptors (Lipinski definition) is 4. The van der Waals surface area contributed by atoms with Crippen molar-refractivity contribution >= 4 is 17.8 Å². The molecular weight excluding hydrogens is 307 g/mol. The highest BCUT2D eigenvalue weighted by Crippen LogP contribution is 2.43. The van der Waals surface area contributed by atoms with Gasteiger partial charge in [0.05, 0.1) is 11.8 Å². The van der Waals surface area contributed by atoms with Gasteiger partial charge in [0.25, 0.3) is 0 Å². The highest BCUT2D eigenvalue weighted by atomic mass is 35.5. The van der Waals surface area contributed by atoms with Crippen LogP contribution in [0.2, 0.25) is 5.02 Å². The van der Waals surface area contributed by atoms with Crippen molar-refractivity contribution in [1.82, 2.24) is 0 Å². The van der Waals surface area contributed by atoms with E-state index >= 15 is 0 Å². The maximum atomic E-state index is 14.3. The van der Waals surface area contributed by atoms with E-state index in [0.717, 1.165) is 5.56 Å². The smallest absolute Gasteiger partial charge is 0.238 e. The fourth-order valence-corrected chi connectivity index (χ4v) is 2.67. The lowest BCUT2D eigenvalue weighted by atomic mass is 10.0. The monoisotopic (exact) mass is 320 g/mol. The largest absolute Gasteiger partial charge is 0.458 e. The van der Waals surface area contributed by atoms with Crippen LogP contribution >= 0.6 is 11.6 Å². The van der Waals surface area contributed by atoms with Gasteiger partial charge in [0.15, 0.2) is 0 Å². The summed E-state index contributed by atoms with van der Waals surface area (Å²) >= 11 is 5.80. The molecule has 0 radical (unpaired) electrons. The van der Waals surface area contributed by atoms with Crippen LogP contribution in [0.3, 0.4) is 0 Å². The molecule has 0 spiro atoms. The van der Waals surface area contributed by atoms with Crippen molar-refractivity contribution in [1.29, 1.82) is 0 Å². The zero-order valence-corrected chi connectivity index (χ0v) is 12.5. The molecule has 0 saturated heterocycles. The molecule has 6 heteroatoms. The van der Waals surface area contributed by atoms with E-state index in [4.69, 9.17) is 26.9 Å². The fourth-order valence-electron chi connectivity index (χ4n) is 2.51. The Hall–Kier alpha value is -2.11. The quantitative estimate of drug-likeness (QED) is 0.521. The first-order valence-electron chi connectivity index (χ1n) is 6.68. The molecule has 0 saturated carbocycles. The fraction of sp³-hybridized carbons (Fsp3) is 0.188. The molecule has 2 aromatic rings. The van der Waals surface area contributed by atoms with Gasteiger partial charge in [-0.3, -0.25) is 0 Å². The summed E-state index contributed by atoms with van der Waals surface area (Å²) in [5.41, 5.74) is 1.03. The molecule has 0 aliphatic carbocycles. The van der Waals surface area contributed by atoms with Crippen molar-refractivity contribution in [2.45, 2.75) is 18.8 Å². The Morgan fingerprint density at radius 1 is 1.32 bits per heavy atom. The van der Waals surface area contributed by atoms with E-state index in [0.29, 0.717) is 10.8 Å². The lowest BCUT2D eigenvalue weighted by molar-refractivity contribution is -0.211. The van der Waals surface area contributed by atoms with Gasteiger partial charge in [-0.15, -0.1) is 0 Å². The Bertz CT molecular complexity index is 738. The van der Waals surface area contributed by atoms with E-state index in [1.807, 2.05) is 18.2 Å². The minimum absolute atomic E-state index is 0.252. The van der Waals surface area contributed by atoms with Crippen LogP contribution in [0.5, 0.6) is 5.75 Å². The van der Waals surface area contributed by atoms with Crippen molar-refractivity contribution in [2.24, 2.45) is 10.9 Å². The van der Waals surface area contributed by atoms with E-state index in [1.54, 1.807) is 25.1 Å². The van der Waals surface area contributed by atoms with Crippen LogP contribution < -0.4 is 10.6 Å². The van der Waals surface area contributed by atoms with Gasteiger partial charge in [-0.05, 0) is 24.3 Å². The van der Waals surface area contributed by atoms with Crippen LogP contribution in [0.25, 0.3) is 0 Å². The Morgan fingerprint density at radius 3 is 2.82 bits per heavy atom. The molecule has 1 heterocycles.